The summed E-state index contributed by atoms with van der Waals surface area (Å²) < 4.78 is 0. The summed E-state index contributed by atoms with van der Waals surface area (Å²) in [6, 6.07) is 4.97. The molecule has 1 aromatic rings. The van der Waals surface area contributed by atoms with Crippen molar-refractivity contribution in [2.24, 2.45) is 5.92 Å². The number of carbonyl (C=O) groups is 1. The van der Waals surface area contributed by atoms with Gasteiger partial charge in [0.25, 0.3) is 0 Å². The molecule has 0 bridgehead atoms. The second-order valence-electron chi connectivity index (χ2n) is 4.98. The van der Waals surface area contributed by atoms with E-state index in [2.05, 4.69) is 5.32 Å². The van der Waals surface area contributed by atoms with Gasteiger partial charge in [0.15, 0.2) is 0 Å². The molecule has 0 amide bonds. The van der Waals surface area contributed by atoms with Crippen LogP contribution < -0.4 is 11.1 Å². The van der Waals surface area contributed by atoms with Crippen LogP contribution in [0.3, 0.4) is 0 Å². The number of benzene rings is 1. The number of hydrogen-bond acceptors (Lipinski definition) is 3. The lowest BCUT2D eigenvalue weighted by Crippen LogP contribution is -2.10. The summed E-state index contributed by atoms with van der Waals surface area (Å²) in [6.07, 6.45) is 6.42. The minimum atomic E-state index is -0.939. The van der Waals surface area contributed by atoms with Gasteiger partial charge in [-0.05, 0) is 30.5 Å². The molecule has 0 heterocycles. The van der Waals surface area contributed by atoms with Gasteiger partial charge in [0.05, 0.1) is 5.56 Å². The largest absolute Gasteiger partial charge is 0.478 e. The number of anilines is 2. The van der Waals surface area contributed by atoms with Crippen molar-refractivity contribution in [3.05, 3.63) is 23.8 Å². The lowest BCUT2D eigenvalue weighted by Gasteiger charge is -2.13. The molecule has 2 rings (SSSR count). The van der Waals surface area contributed by atoms with E-state index in [1.165, 1.54) is 31.7 Å². The monoisotopic (exact) mass is 248 g/mol. The standard InChI is InChI=1S/C14H20N2O2/c15-11-5-6-13(12(9-11)14(17)18)16-8-7-10-3-1-2-4-10/h5-6,9-10,16H,1-4,7-8,15H2,(H,17,18). The van der Waals surface area contributed by atoms with Crippen LogP contribution >= 0.6 is 0 Å². The zero-order valence-corrected chi connectivity index (χ0v) is 10.5. The average Bonchev–Trinajstić information content (AvgIpc) is 2.84. The Morgan fingerprint density at radius 3 is 2.78 bits per heavy atom. The summed E-state index contributed by atoms with van der Waals surface area (Å²) in [5, 5.41) is 12.3. The molecule has 1 aliphatic carbocycles. The molecule has 98 valence electrons. The summed E-state index contributed by atoms with van der Waals surface area (Å²) in [5.74, 6) is -0.134. The van der Waals surface area contributed by atoms with Gasteiger partial charge in [0.1, 0.15) is 0 Å². The molecule has 4 N–H and O–H groups in total. The quantitative estimate of drug-likeness (QED) is 0.700. The van der Waals surface area contributed by atoms with E-state index >= 15 is 0 Å². The molecule has 1 aromatic carbocycles. The van der Waals surface area contributed by atoms with Crippen molar-refractivity contribution < 1.29 is 9.90 Å². The maximum atomic E-state index is 11.1. The first-order valence-corrected chi connectivity index (χ1v) is 6.53. The van der Waals surface area contributed by atoms with E-state index in [1.54, 1.807) is 12.1 Å². The van der Waals surface area contributed by atoms with E-state index in [-0.39, 0.29) is 5.56 Å². The van der Waals surface area contributed by atoms with E-state index in [0.717, 1.165) is 18.9 Å². The van der Waals surface area contributed by atoms with Gasteiger partial charge < -0.3 is 16.2 Å². The van der Waals surface area contributed by atoms with Crippen LogP contribution in [0.2, 0.25) is 0 Å². The van der Waals surface area contributed by atoms with Gasteiger partial charge in [-0.25, -0.2) is 4.79 Å². The molecular weight excluding hydrogens is 228 g/mol. The Labute approximate surface area is 107 Å². The van der Waals surface area contributed by atoms with E-state index in [0.29, 0.717) is 11.4 Å². The highest BCUT2D eigenvalue weighted by Crippen LogP contribution is 2.27. The number of aromatic carboxylic acids is 1. The molecule has 1 saturated carbocycles. The Kier molecular flexibility index (Phi) is 4.07. The maximum absolute atomic E-state index is 11.1. The fourth-order valence-electron chi connectivity index (χ4n) is 2.60. The summed E-state index contributed by atoms with van der Waals surface area (Å²) >= 11 is 0. The Morgan fingerprint density at radius 2 is 2.11 bits per heavy atom. The summed E-state index contributed by atoms with van der Waals surface area (Å²) in [6.45, 7) is 0.828. The van der Waals surface area contributed by atoms with Crippen molar-refractivity contribution in [1.82, 2.24) is 0 Å². The Hall–Kier alpha value is -1.71. The number of nitrogen functional groups attached to an aromatic ring is 1. The SMILES string of the molecule is Nc1ccc(NCCC2CCCC2)c(C(=O)O)c1. The number of carboxylic acid groups (broad SMARTS) is 1. The van der Waals surface area contributed by atoms with Crippen LogP contribution in [0.25, 0.3) is 0 Å². The molecule has 1 aliphatic rings. The van der Waals surface area contributed by atoms with Gasteiger partial charge in [-0.1, -0.05) is 25.7 Å². The molecule has 4 nitrogen and oxygen atoms in total. The van der Waals surface area contributed by atoms with Crippen LogP contribution in [0, 0.1) is 5.92 Å². The van der Waals surface area contributed by atoms with Crippen LogP contribution in [0.15, 0.2) is 18.2 Å². The van der Waals surface area contributed by atoms with Crippen LogP contribution in [-0.4, -0.2) is 17.6 Å². The fourth-order valence-corrected chi connectivity index (χ4v) is 2.60. The van der Waals surface area contributed by atoms with Crippen molar-refractivity contribution in [1.29, 1.82) is 0 Å². The summed E-state index contributed by atoms with van der Waals surface area (Å²) in [5.41, 5.74) is 7.00. The molecule has 0 aromatic heterocycles. The van der Waals surface area contributed by atoms with Crippen molar-refractivity contribution in [3.63, 3.8) is 0 Å². The highest BCUT2D eigenvalue weighted by atomic mass is 16.4. The molecule has 1 fully saturated rings. The topological polar surface area (TPSA) is 75.3 Å². The van der Waals surface area contributed by atoms with Crippen molar-refractivity contribution >= 4 is 17.3 Å². The molecule has 18 heavy (non-hydrogen) atoms. The minimum absolute atomic E-state index is 0.251. The third-order valence-corrected chi connectivity index (χ3v) is 3.62. The van der Waals surface area contributed by atoms with Gasteiger partial charge >= 0.3 is 5.97 Å². The van der Waals surface area contributed by atoms with E-state index < -0.39 is 5.97 Å². The predicted octanol–water partition coefficient (Wildman–Crippen LogP) is 2.96. The van der Waals surface area contributed by atoms with E-state index in [9.17, 15) is 4.79 Å². The third kappa shape index (κ3) is 3.15. The maximum Gasteiger partial charge on any atom is 0.337 e. The first-order chi connectivity index (χ1) is 8.66. The smallest absolute Gasteiger partial charge is 0.337 e. The normalized spacial score (nSPS) is 15.8. The molecule has 0 aliphatic heterocycles. The van der Waals surface area contributed by atoms with Gasteiger partial charge in [-0.2, -0.15) is 0 Å². The average molecular weight is 248 g/mol. The van der Waals surface area contributed by atoms with Crippen LogP contribution in [0.4, 0.5) is 11.4 Å². The lowest BCUT2D eigenvalue weighted by molar-refractivity contribution is 0.0698. The number of hydrogen-bond donors (Lipinski definition) is 3. The Morgan fingerprint density at radius 1 is 1.39 bits per heavy atom. The second kappa shape index (κ2) is 5.76. The molecule has 0 spiro atoms. The zero-order valence-electron chi connectivity index (χ0n) is 10.5. The molecule has 0 saturated heterocycles. The van der Waals surface area contributed by atoms with Crippen molar-refractivity contribution in [2.45, 2.75) is 32.1 Å². The Balaban J connectivity index is 1.93. The number of nitrogens with one attached hydrogen (secondary N) is 1. The van der Waals surface area contributed by atoms with Crippen molar-refractivity contribution in [3.8, 4) is 0 Å². The van der Waals surface area contributed by atoms with Gasteiger partial charge in [0.2, 0.25) is 0 Å². The summed E-state index contributed by atoms with van der Waals surface area (Å²) in [7, 11) is 0. The highest BCUT2D eigenvalue weighted by Gasteiger charge is 2.15. The molecule has 0 radical (unpaired) electrons. The van der Waals surface area contributed by atoms with Crippen LogP contribution in [0.5, 0.6) is 0 Å². The second-order valence-corrected chi connectivity index (χ2v) is 4.98. The Bertz CT molecular complexity index is 426. The molecular formula is C14H20N2O2. The van der Waals surface area contributed by atoms with Gasteiger partial charge in [-0.3, -0.25) is 0 Å². The predicted molar refractivity (Wildman–Crippen MR) is 72.9 cm³/mol. The molecule has 0 unspecified atom stereocenters. The molecule has 0 atom stereocenters. The van der Waals surface area contributed by atoms with E-state index in [4.69, 9.17) is 10.8 Å². The fraction of sp³-hybridized carbons (Fsp3) is 0.500. The zero-order chi connectivity index (χ0) is 13.0. The number of carboxylic acids is 1. The third-order valence-electron chi connectivity index (χ3n) is 3.62. The van der Waals surface area contributed by atoms with Crippen LogP contribution in [0.1, 0.15) is 42.5 Å². The van der Waals surface area contributed by atoms with E-state index in [1.807, 2.05) is 0 Å². The van der Waals surface area contributed by atoms with Crippen molar-refractivity contribution in [2.75, 3.05) is 17.6 Å². The summed E-state index contributed by atoms with van der Waals surface area (Å²) in [4.78, 5) is 11.1. The number of rotatable bonds is 5. The first-order valence-electron chi connectivity index (χ1n) is 6.53. The van der Waals surface area contributed by atoms with Crippen LogP contribution in [-0.2, 0) is 0 Å². The lowest BCUT2D eigenvalue weighted by atomic mass is 10.0. The number of nitrogens with two attached hydrogens (primary N) is 1. The minimum Gasteiger partial charge on any atom is -0.478 e. The van der Waals surface area contributed by atoms with Gasteiger partial charge in [-0.15, -0.1) is 0 Å². The first kappa shape index (κ1) is 12.7. The van der Waals surface area contributed by atoms with Gasteiger partial charge in [0, 0.05) is 17.9 Å². The highest BCUT2D eigenvalue weighted by molar-refractivity contribution is 5.95. The molecule has 4 heteroatoms.